The van der Waals surface area contributed by atoms with E-state index in [1.165, 1.54) is 13.2 Å². The van der Waals surface area contributed by atoms with E-state index in [4.69, 9.17) is 10.5 Å². The van der Waals surface area contributed by atoms with Crippen LogP contribution in [0.15, 0.2) is 23.1 Å². The highest BCUT2D eigenvalue weighted by atomic mass is 32.2. The molecule has 3 N–H and O–H groups in total. The number of rotatable bonds is 6. The van der Waals surface area contributed by atoms with Crippen molar-refractivity contribution in [3.8, 4) is 5.75 Å². The number of anilines is 1. The number of amides is 1. The molecule has 1 saturated carbocycles. The predicted molar refractivity (Wildman–Crippen MR) is 124 cm³/mol. The fourth-order valence-electron chi connectivity index (χ4n) is 5.46. The Bertz CT molecular complexity index is 915. The second-order valence-corrected chi connectivity index (χ2v) is 11.5. The number of benzene rings is 1. The average Bonchev–Trinajstić information content (AvgIpc) is 2.96. The van der Waals surface area contributed by atoms with Crippen LogP contribution in [0.5, 0.6) is 5.75 Å². The fourth-order valence-corrected chi connectivity index (χ4v) is 7.01. The molecule has 1 aromatic carbocycles. The third-order valence-corrected chi connectivity index (χ3v) is 9.08. The maximum absolute atomic E-state index is 13.2. The molecule has 9 heteroatoms. The predicted octanol–water partition coefficient (Wildman–Crippen LogP) is 2.26. The lowest BCUT2D eigenvalue weighted by atomic mass is 9.79. The van der Waals surface area contributed by atoms with E-state index in [1.807, 2.05) is 0 Å². The van der Waals surface area contributed by atoms with E-state index in [0.717, 1.165) is 58.0 Å². The van der Waals surface area contributed by atoms with Crippen LogP contribution in [-0.2, 0) is 14.8 Å². The van der Waals surface area contributed by atoms with Crippen molar-refractivity contribution in [2.24, 2.45) is 17.6 Å². The van der Waals surface area contributed by atoms with Crippen molar-refractivity contribution in [3.63, 3.8) is 0 Å². The highest BCUT2D eigenvalue weighted by Gasteiger charge is 2.37. The smallest absolute Gasteiger partial charge is 0.243 e. The van der Waals surface area contributed by atoms with Gasteiger partial charge in [-0.25, -0.2) is 8.42 Å². The summed E-state index contributed by atoms with van der Waals surface area (Å²) in [6.07, 6.45) is 7.10. The number of hydrogen-bond donors (Lipinski definition) is 2. The largest absolute Gasteiger partial charge is 0.495 e. The van der Waals surface area contributed by atoms with Crippen molar-refractivity contribution in [1.82, 2.24) is 9.21 Å². The second kappa shape index (κ2) is 10.1. The van der Waals surface area contributed by atoms with Gasteiger partial charge in [0.2, 0.25) is 15.9 Å². The van der Waals surface area contributed by atoms with Crippen molar-refractivity contribution in [1.29, 1.82) is 0 Å². The lowest BCUT2D eigenvalue weighted by Gasteiger charge is -2.28. The lowest BCUT2D eigenvalue weighted by Crippen LogP contribution is -2.33. The standard InChI is InChI=1S/C23H36N4O4S/c1-31-22-9-8-20(32(29,30)27-10-4-2-3-5-11-27)13-21(22)25-23(28)16-26-14-17-6-7-19(24)12-18(17)15-26/h8-9,13,17-19H,2-7,10-12,14-16,24H2,1H3,(H,25,28). The van der Waals surface area contributed by atoms with Gasteiger partial charge >= 0.3 is 0 Å². The molecule has 3 unspecified atom stereocenters. The molecule has 4 rings (SSSR count). The molecule has 0 bridgehead atoms. The molecule has 0 spiro atoms. The third-order valence-electron chi connectivity index (χ3n) is 7.18. The summed E-state index contributed by atoms with van der Waals surface area (Å²) >= 11 is 0. The van der Waals surface area contributed by atoms with Crippen LogP contribution in [0.1, 0.15) is 44.9 Å². The zero-order valence-electron chi connectivity index (χ0n) is 19.0. The summed E-state index contributed by atoms with van der Waals surface area (Å²) in [5.41, 5.74) is 6.51. The fraction of sp³-hybridized carbons (Fsp3) is 0.696. The molecule has 1 amide bonds. The van der Waals surface area contributed by atoms with Crippen molar-refractivity contribution in [3.05, 3.63) is 18.2 Å². The summed E-state index contributed by atoms with van der Waals surface area (Å²) in [5, 5.41) is 2.89. The molecule has 1 aliphatic carbocycles. The molecule has 2 heterocycles. The molecule has 2 aliphatic heterocycles. The van der Waals surface area contributed by atoms with Gasteiger partial charge < -0.3 is 15.8 Å². The molecule has 8 nitrogen and oxygen atoms in total. The number of ether oxygens (including phenoxy) is 1. The molecular weight excluding hydrogens is 428 g/mol. The highest BCUT2D eigenvalue weighted by molar-refractivity contribution is 7.89. The topological polar surface area (TPSA) is 105 Å². The Labute approximate surface area is 191 Å². The van der Waals surface area contributed by atoms with E-state index >= 15 is 0 Å². The molecule has 1 aromatic rings. The maximum atomic E-state index is 13.2. The van der Waals surface area contributed by atoms with Crippen LogP contribution in [0.4, 0.5) is 5.69 Å². The van der Waals surface area contributed by atoms with E-state index in [-0.39, 0.29) is 23.4 Å². The first-order valence-corrected chi connectivity index (χ1v) is 13.3. The van der Waals surface area contributed by atoms with Gasteiger partial charge in [0.1, 0.15) is 5.75 Å². The Balaban J connectivity index is 1.44. The number of sulfonamides is 1. The normalized spacial score (nSPS) is 27.5. The lowest BCUT2D eigenvalue weighted by molar-refractivity contribution is -0.117. The summed E-state index contributed by atoms with van der Waals surface area (Å²) < 4.78 is 33.3. The van der Waals surface area contributed by atoms with Crippen LogP contribution in [0, 0.1) is 11.8 Å². The molecule has 0 radical (unpaired) electrons. The molecule has 3 aliphatic rings. The number of fused-ring (bicyclic) bond motifs is 1. The average molecular weight is 465 g/mol. The van der Waals surface area contributed by atoms with E-state index in [1.54, 1.807) is 16.4 Å². The van der Waals surface area contributed by atoms with Gasteiger partial charge in [0.15, 0.2) is 0 Å². The SMILES string of the molecule is COc1ccc(S(=O)(=O)N2CCCCCC2)cc1NC(=O)CN1CC2CCC(N)CC2C1. The minimum Gasteiger partial charge on any atom is -0.495 e. The monoisotopic (exact) mass is 464 g/mol. The molecule has 3 atom stereocenters. The van der Waals surface area contributed by atoms with Crippen LogP contribution in [0.2, 0.25) is 0 Å². The maximum Gasteiger partial charge on any atom is 0.243 e. The first kappa shape index (κ1) is 23.5. The van der Waals surface area contributed by atoms with Gasteiger partial charge in [-0.15, -0.1) is 0 Å². The van der Waals surface area contributed by atoms with Gasteiger partial charge in [0.05, 0.1) is 24.2 Å². The first-order valence-electron chi connectivity index (χ1n) is 11.8. The third kappa shape index (κ3) is 5.27. The summed E-state index contributed by atoms with van der Waals surface area (Å²) in [7, 11) is -2.09. The van der Waals surface area contributed by atoms with Gasteiger partial charge in [-0.1, -0.05) is 12.8 Å². The molecule has 3 fully saturated rings. The highest BCUT2D eigenvalue weighted by Crippen LogP contribution is 2.36. The van der Waals surface area contributed by atoms with Gasteiger partial charge in [-0.2, -0.15) is 4.31 Å². The number of nitrogens with two attached hydrogens (primary N) is 1. The number of carbonyl (C=O) groups excluding carboxylic acids is 1. The zero-order chi connectivity index (χ0) is 22.7. The molecule has 0 aromatic heterocycles. The number of methoxy groups -OCH3 is 1. The van der Waals surface area contributed by atoms with Crippen molar-refractivity contribution < 1.29 is 17.9 Å². The number of likely N-dealkylation sites (tertiary alicyclic amines) is 1. The molecule has 2 saturated heterocycles. The number of hydrogen-bond acceptors (Lipinski definition) is 6. The van der Waals surface area contributed by atoms with Gasteiger partial charge in [0.25, 0.3) is 0 Å². The van der Waals surface area contributed by atoms with E-state index in [0.29, 0.717) is 36.4 Å². The van der Waals surface area contributed by atoms with Crippen LogP contribution in [-0.4, -0.2) is 69.4 Å². The van der Waals surface area contributed by atoms with Gasteiger partial charge in [-0.05, 0) is 62.1 Å². The zero-order valence-corrected chi connectivity index (χ0v) is 19.8. The van der Waals surface area contributed by atoms with Gasteiger partial charge in [-0.3, -0.25) is 9.69 Å². The van der Waals surface area contributed by atoms with Crippen LogP contribution < -0.4 is 15.8 Å². The Morgan fingerprint density at radius 2 is 1.84 bits per heavy atom. The minimum atomic E-state index is -3.61. The number of carbonyl (C=O) groups is 1. The molecule has 32 heavy (non-hydrogen) atoms. The van der Waals surface area contributed by atoms with Crippen molar-refractivity contribution in [2.45, 2.75) is 55.9 Å². The van der Waals surface area contributed by atoms with Crippen molar-refractivity contribution >= 4 is 21.6 Å². The Morgan fingerprint density at radius 3 is 2.56 bits per heavy atom. The van der Waals surface area contributed by atoms with E-state index in [9.17, 15) is 13.2 Å². The van der Waals surface area contributed by atoms with E-state index in [2.05, 4.69) is 10.2 Å². The number of nitrogens with one attached hydrogen (secondary N) is 1. The van der Waals surface area contributed by atoms with Crippen LogP contribution >= 0.6 is 0 Å². The van der Waals surface area contributed by atoms with Gasteiger partial charge in [0, 0.05) is 32.2 Å². The van der Waals surface area contributed by atoms with Crippen molar-refractivity contribution in [2.75, 3.05) is 45.2 Å². The summed E-state index contributed by atoms with van der Waals surface area (Å²) in [6, 6.07) is 4.98. The first-order chi connectivity index (χ1) is 15.4. The van der Waals surface area contributed by atoms with E-state index < -0.39 is 10.0 Å². The quantitative estimate of drug-likeness (QED) is 0.669. The van der Waals surface area contributed by atoms with Crippen LogP contribution in [0.25, 0.3) is 0 Å². The Hall–Kier alpha value is -1.68. The summed E-state index contributed by atoms with van der Waals surface area (Å²) in [5.74, 6) is 1.49. The molecule has 178 valence electrons. The Morgan fingerprint density at radius 1 is 1.12 bits per heavy atom. The Kier molecular flexibility index (Phi) is 7.39. The van der Waals surface area contributed by atoms with Crippen LogP contribution in [0.3, 0.4) is 0 Å². The minimum absolute atomic E-state index is 0.157. The summed E-state index contributed by atoms with van der Waals surface area (Å²) in [6.45, 7) is 3.18. The number of nitrogens with zero attached hydrogens (tertiary/aromatic N) is 2. The summed E-state index contributed by atoms with van der Waals surface area (Å²) in [4.78, 5) is 15.2. The second-order valence-electron chi connectivity index (χ2n) is 9.52. The molecular formula is C23H36N4O4S.